The third-order valence-corrected chi connectivity index (χ3v) is 5.09. The quantitative estimate of drug-likeness (QED) is 0.769. The number of benzene rings is 2. The lowest BCUT2D eigenvalue weighted by Crippen LogP contribution is -2.29. The highest BCUT2D eigenvalue weighted by Gasteiger charge is 2.15. The lowest BCUT2D eigenvalue weighted by Gasteiger charge is -2.20. The molecule has 2 aromatic carbocycles. The van der Waals surface area contributed by atoms with Crippen LogP contribution in [0.3, 0.4) is 0 Å². The first-order valence-electron chi connectivity index (χ1n) is 8.43. The molecule has 0 aliphatic carbocycles. The minimum absolute atomic E-state index is 0.231. The highest BCUT2D eigenvalue weighted by molar-refractivity contribution is 7.92. The van der Waals surface area contributed by atoms with Crippen LogP contribution in [0.1, 0.15) is 29.8 Å². The minimum atomic E-state index is -3.34. The topological polar surface area (TPSA) is 75.7 Å². The summed E-state index contributed by atoms with van der Waals surface area (Å²) in [4.78, 5) is 12.4. The van der Waals surface area contributed by atoms with Gasteiger partial charge in [0.2, 0.25) is 10.0 Å². The normalized spacial score (nSPS) is 11.0. The summed E-state index contributed by atoms with van der Waals surface area (Å²) < 4.78 is 30.4. The van der Waals surface area contributed by atoms with Crippen LogP contribution < -0.4 is 14.4 Å². The van der Waals surface area contributed by atoms with Gasteiger partial charge < -0.3 is 10.1 Å². The summed E-state index contributed by atoms with van der Waals surface area (Å²) in [7, 11) is -3.34. The third kappa shape index (κ3) is 4.98. The fourth-order valence-corrected chi connectivity index (χ4v) is 3.59. The SMILES string of the molecule is CCOc1ccccc1CNC(=O)c1ccc(N(CC)S(C)(=O)=O)cc1. The number of hydrogen-bond acceptors (Lipinski definition) is 4. The summed E-state index contributed by atoms with van der Waals surface area (Å²) in [6, 6.07) is 14.0. The van der Waals surface area contributed by atoms with Gasteiger partial charge in [-0.05, 0) is 44.2 Å². The highest BCUT2D eigenvalue weighted by atomic mass is 32.2. The average Bonchev–Trinajstić information content (AvgIpc) is 2.61. The number of nitrogens with one attached hydrogen (secondary N) is 1. The Morgan fingerprint density at radius 3 is 2.31 bits per heavy atom. The summed E-state index contributed by atoms with van der Waals surface area (Å²) in [5.74, 6) is 0.516. The second-order valence-corrected chi connectivity index (χ2v) is 7.60. The largest absolute Gasteiger partial charge is 0.494 e. The molecule has 0 aliphatic heterocycles. The van der Waals surface area contributed by atoms with Crippen molar-refractivity contribution >= 4 is 21.6 Å². The van der Waals surface area contributed by atoms with E-state index in [1.165, 1.54) is 4.31 Å². The first-order valence-corrected chi connectivity index (χ1v) is 10.3. The van der Waals surface area contributed by atoms with Gasteiger partial charge in [-0.1, -0.05) is 18.2 Å². The van der Waals surface area contributed by atoms with E-state index in [1.54, 1.807) is 31.2 Å². The Bertz CT molecular complexity index is 848. The summed E-state index contributed by atoms with van der Waals surface area (Å²) in [6.07, 6.45) is 1.16. The molecule has 0 saturated carbocycles. The van der Waals surface area contributed by atoms with E-state index in [9.17, 15) is 13.2 Å². The zero-order valence-electron chi connectivity index (χ0n) is 15.2. The maximum absolute atomic E-state index is 12.4. The molecule has 6 nitrogen and oxygen atoms in total. The highest BCUT2D eigenvalue weighted by Crippen LogP contribution is 2.19. The van der Waals surface area contributed by atoms with Crippen LogP contribution in [0, 0.1) is 0 Å². The van der Waals surface area contributed by atoms with E-state index in [-0.39, 0.29) is 5.91 Å². The molecule has 140 valence electrons. The van der Waals surface area contributed by atoms with Crippen molar-refractivity contribution in [1.29, 1.82) is 0 Å². The van der Waals surface area contributed by atoms with Gasteiger partial charge in [0, 0.05) is 24.2 Å². The average molecular weight is 376 g/mol. The summed E-state index contributed by atoms with van der Waals surface area (Å²) >= 11 is 0. The number of carbonyl (C=O) groups is 1. The Morgan fingerprint density at radius 1 is 1.08 bits per heavy atom. The van der Waals surface area contributed by atoms with Gasteiger partial charge in [0.1, 0.15) is 5.75 Å². The molecule has 2 rings (SSSR count). The van der Waals surface area contributed by atoms with Crippen molar-refractivity contribution in [2.75, 3.05) is 23.7 Å². The van der Waals surface area contributed by atoms with Crippen molar-refractivity contribution in [2.24, 2.45) is 0 Å². The van der Waals surface area contributed by atoms with Crippen LogP contribution in [0.25, 0.3) is 0 Å². The van der Waals surface area contributed by atoms with Gasteiger partial charge >= 0.3 is 0 Å². The number of ether oxygens (including phenoxy) is 1. The zero-order chi connectivity index (χ0) is 19.2. The fraction of sp³-hybridized carbons (Fsp3) is 0.316. The Hall–Kier alpha value is -2.54. The number of hydrogen-bond donors (Lipinski definition) is 1. The Morgan fingerprint density at radius 2 is 1.73 bits per heavy atom. The lowest BCUT2D eigenvalue weighted by molar-refractivity contribution is 0.0950. The van der Waals surface area contributed by atoms with Gasteiger partial charge in [0.15, 0.2) is 0 Å². The maximum Gasteiger partial charge on any atom is 0.251 e. The van der Waals surface area contributed by atoms with Gasteiger partial charge in [0.05, 0.1) is 18.6 Å². The van der Waals surface area contributed by atoms with Crippen LogP contribution in [0.15, 0.2) is 48.5 Å². The molecule has 26 heavy (non-hydrogen) atoms. The van der Waals surface area contributed by atoms with Gasteiger partial charge in [0.25, 0.3) is 5.91 Å². The molecule has 0 radical (unpaired) electrons. The molecule has 0 unspecified atom stereocenters. The molecule has 2 aromatic rings. The van der Waals surface area contributed by atoms with Gasteiger partial charge in [-0.3, -0.25) is 9.10 Å². The van der Waals surface area contributed by atoms with Gasteiger partial charge in [-0.15, -0.1) is 0 Å². The Kier molecular flexibility index (Phi) is 6.63. The molecule has 0 heterocycles. The predicted octanol–water partition coefficient (Wildman–Crippen LogP) is 2.80. The van der Waals surface area contributed by atoms with E-state index in [0.29, 0.717) is 30.9 Å². The monoisotopic (exact) mass is 376 g/mol. The predicted molar refractivity (Wildman–Crippen MR) is 103 cm³/mol. The molecular weight excluding hydrogens is 352 g/mol. The smallest absolute Gasteiger partial charge is 0.251 e. The number of sulfonamides is 1. The number of carbonyl (C=O) groups excluding carboxylic acids is 1. The molecule has 0 atom stereocenters. The van der Waals surface area contributed by atoms with Crippen molar-refractivity contribution in [1.82, 2.24) is 5.32 Å². The van der Waals surface area contributed by atoms with Crippen molar-refractivity contribution in [3.05, 3.63) is 59.7 Å². The molecule has 0 bridgehead atoms. The van der Waals surface area contributed by atoms with E-state index in [4.69, 9.17) is 4.74 Å². The third-order valence-electron chi connectivity index (χ3n) is 3.82. The van der Waals surface area contributed by atoms with Crippen molar-refractivity contribution in [2.45, 2.75) is 20.4 Å². The first-order chi connectivity index (χ1) is 12.4. The molecule has 0 fully saturated rings. The van der Waals surface area contributed by atoms with Crippen LogP contribution in [0.5, 0.6) is 5.75 Å². The maximum atomic E-state index is 12.4. The molecule has 0 aliphatic rings. The first kappa shape index (κ1) is 19.8. The van der Waals surface area contributed by atoms with Crippen LogP contribution in [0.2, 0.25) is 0 Å². The molecule has 1 amide bonds. The number of amides is 1. The van der Waals surface area contributed by atoms with Crippen molar-refractivity contribution in [3.63, 3.8) is 0 Å². The zero-order valence-corrected chi connectivity index (χ0v) is 16.0. The molecule has 0 saturated heterocycles. The minimum Gasteiger partial charge on any atom is -0.494 e. The van der Waals surface area contributed by atoms with Crippen molar-refractivity contribution < 1.29 is 17.9 Å². The molecule has 1 N–H and O–H groups in total. The van der Waals surface area contributed by atoms with Crippen LogP contribution in [0.4, 0.5) is 5.69 Å². The van der Waals surface area contributed by atoms with E-state index < -0.39 is 10.0 Å². The molecule has 0 spiro atoms. The van der Waals surface area contributed by atoms with E-state index in [0.717, 1.165) is 17.6 Å². The Labute approximate surface area is 154 Å². The Balaban J connectivity index is 2.07. The molecular formula is C19H24N2O4S. The second-order valence-electron chi connectivity index (χ2n) is 5.70. The standard InChI is InChI=1S/C19H24N2O4S/c1-4-21(26(3,23)24)17-12-10-15(11-13-17)19(22)20-14-16-8-6-7-9-18(16)25-5-2/h6-13H,4-5,14H2,1-3H3,(H,20,22). The number of para-hydroxylation sites is 1. The number of rotatable bonds is 8. The van der Waals surface area contributed by atoms with Crippen molar-refractivity contribution in [3.8, 4) is 5.75 Å². The summed E-state index contributed by atoms with van der Waals surface area (Å²) in [6.45, 7) is 4.91. The van der Waals surface area contributed by atoms with Gasteiger partial charge in [-0.25, -0.2) is 8.42 Å². The number of nitrogens with zero attached hydrogens (tertiary/aromatic N) is 1. The fourth-order valence-electron chi connectivity index (χ4n) is 2.61. The van der Waals surface area contributed by atoms with E-state index >= 15 is 0 Å². The summed E-state index contributed by atoms with van der Waals surface area (Å²) in [5.41, 5.74) is 1.90. The summed E-state index contributed by atoms with van der Waals surface area (Å²) in [5, 5.41) is 2.86. The van der Waals surface area contributed by atoms with Gasteiger partial charge in [-0.2, -0.15) is 0 Å². The second kappa shape index (κ2) is 8.71. The van der Waals surface area contributed by atoms with E-state index in [2.05, 4.69) is 5.32 Å². The lowest BCUT2D eigenvalue weighted by atomic mass is 10.1. The molecule has 7 heteroatoms. The molecule has 0 aromatic heterocycles. The van der Waals surface area contributed by atoms with Crippen LogP contribution >= 0.6 is 0 Å². The van der Waals surface area contributed by atoms with Crippen LogP contribution in [-0.4, -0.2) is 33.7 Å². The van der Waals surface area contributed by atoms with Crippen LogP contribution in [-0.2, 0) is 16.6 Å². The number of anilines is 1. The van der Waals surface area contributed by atoms with E-state index in [1.807, 2.05) is 31.2 Å².